The van der Waals surface area contributed by atoms with Gasteiger partial charge in [-0.25, -0.2) is 0 Å². The number of aliphatic hydroxyl groups excluding tert-OH is 1. The summed E-state index contributed by atoms with van der Waals surface area (Å²) < 4.78 is 0. The van der Waals surface area contributed by atoms with Gasteiger partial charge in [0.2, 0.25) is 5.91 Å². The largest absolute Gasteiger partial charge is 0.395 e. The molecule has 1 aromatic carbocycles. The molecular weight excluding hydrogens is 270 g/mol. The van der Waals surface area contributed by atoms with Crippen molar-refractivity contribution in [2.75, 3.05) is 18.9 Å². The van der Waals surface area contributed by atoms with Crippen LogP contribution >= 0.6 is 11.8 Å². The molecule has 112 valence electrons. The Morgan fingerprint density at radius 3 is 2.45 bits per heavy atom. The standard InChI is InChI=1S/C16H25NO2S/c1-3-14(4-2)17(11-12-18)16(19)10-13-20-15-8-6-5-7-9-15/h5-9,14,18H,3-4,10-13H2,1-2H3. The van der Waals surface area contributed by atoms with Crippen molar-refractivity contribution in [1.29, 1.82) is 0 Å². The van der Waals surface area contributed by atoms with Gasteiger partial charge in [0.25, 0.3) is 0 Å². The zero-order chi connectivity index (χ0) is 14.8. The molecule has 1 amide bonds. The van der Waals surface area contributed by atoms with Gasteiger partial charge in [-0.05, 0) is 25.0 Å². The van der Waals surface area contributed by atoms with E-state index in [0.717, 1.165) is 18.6 Å². The van der Waals surface area contributed by atoms with E-state index in [9.17, 15) is 4.79 Å². The van der Waals surface area contributed by atoms with Crippen LogP contribution in [-0.2, 0) is 4.79 Å². The summed E-state index contributed by atoms with van der Waals surface area (Å²) in [7, 11) is 0. The zero-order valence-corrected chi connectivity index (χ0v) is 13.2. The lowest BCUT2D eigenvalue weighted by Gasteiger charge is -2.30. The minimum Gasteiger partial charge on any atom is -0.395 e. The number of carbonyl (C=O) groups excluding carboxylic acids is 1. The maximum Gasteiger partial charge on any atom is 0.223 e. The molecule has 0 saturated carbocycles. The van der Waals surface area contributed by atoms with Crippen molar-refractivity contribution in [3.05, 3.63) is 30.3 Å². The second kappa shape index (κ2) is 9.83. The monoisotopic (exact) mass is 295 g/mol. The molecule has 0 atom stereocenters. The fraction of sp³-hybridized carbons (Fsp3) is 0.562. The van der Waals surface area contributed by atoms with Crippen molar-refractivity contribution in [3.63, 3.8) is 0 Å². The average molecular weight is 295 g/mol. The van der Waals surface area contributed by atoms with Crippen LogP contribution in [0.3, 0.4) is 0 Å². The van der Waals surface area contributed by atoms with Crippen LogP contribution in [0.1, 0.15) is 33.1 Å². The summed E-state index contributed by atoms with van der Waals surface area (Å²) in [6.45, 7) is 4.66. The van der Waals surface area contributed by atoms with E-state index in [1.54, 1.807) is 11.8 Å². The molecule has 0 aliphatic rings. The summed E-state index contributed by atoms with van der Waals surface area (Å²) in [5.41, 5.74) is 0. The summed E-state index contributed by atoms with van der Waals surface area (Å²) in [6.07, 6.45) is 2.40. The maximum absolute atomic E-state index is 12.3. The molecule has 3 nitrogen and oxygen atoms in total. The van der Waals surface area contributed by atoms with Crippen molar-refractivity contribution in [2.45, 2.75) is 44.0 Å². The molecule has 0 spiro atoms. The number of carbonyl (C=O) groups is 1. The van der Waals surface area contributed by atoms with Crippen LogP contribution in [0.4, 0.5) is 0 Å². The summed E-state index contributed by atoms with van der Waals surface area (Å²) in [4.78, 5) is 15.3. The molecule has 0 aliphatic carbocycles. The third kappa shape index (κ3) is 5.55. The van der Waals surface area contributed by atoms with Crippen molar-refractivity contribution in [1.82, 2.24) is 4.90 Å². The summed E-state index contributed by atoms with van der Waals surface area (Å²) in [5, 5.41) is 9.13. The first-order valence-electron chi connectivity index (χ1n) is 7.31. The van der Waals surface area contributed by atoms with Crippen LogP contribution in [0.5, 0.6) is 0 Å². The highest BCUT2D eigenvalue weighted by molar-refractivity contribution is 7.99. The third-order valence-corrected chi connectivity index (χ3v) is 4.39. The highest BCUT2D eigenvalue weighted by atomic mass is 32.2. The summed E-state index contributed by atoms with van der Waals surface area (Å²) >= 11 is 1.70. The Bertz CT molecular complexity index is 379. The molecule has 4 heteroatoms. The molecule has 20 heavy (non-hydrogen) atoms. The molecule has 0 bridgehead atoms. The Kier molecular flexibility index (Phi) is 8.38. The third-order valence-electron chi connectivity index (χ3n) is 3.37. The topological polar surface area (TPSA) is 40.5 Å². The Balaban J connectivity index is 2.45. The number of amides is 1. The molecule has 0 radical (unpaired) electrons. The van der Waals surface area contributed by atoms with E-state index in [4.69, 9.17) is 5.11 Å². The Morgan fingerprint density at radius 1 is 1.25 bits per heavy atom. The van der Waals surface area contributed by atoms with E-state index >= 15 is 0 Å². The van der Waals surface area contributed by atoms with Gasteiger partial charge in [0.1, 0.15) is 0 Å². The maximum atomic E-state index is 12.3. The minimum atomic E-state index is 0.0358. The normalized spacial score (nSPS) is 10.8. The second-order valence-corrected chi connectivity index (χ2v) is 5.86. The number of aliphatic hydroxyl groups is 1. The van der Waals surface area contributed by atoms with E-state index in [1.165, 1.54) is 4.90 Å². The van der Waals surface area contributed by atoms with Crippen molar-refractivity contribution < 1.29 is 9.90 Å². The fourth-order valence-corrected chi connectivity index (χ4v) is 3.13. The first kappa shape index (κ1) is 17.1. The first-order chi connectivity index (χ1) is 9.72. The molecule has 0 heterocycles. The van der Waals surface area contributed by atoms with Gasteiger partial charge >= 0.3 is 0 Å². The van der Waals surface area contributed by atoms with Crippen LogP contribution in [-0.4, -0.2) is 40.9 Å². The molecule has 0 aromatic heterocycles. The molecule has 1 rings (SSSR count). The highest BCUT2D eigenvalue weighted by Gasteiger charge is 2.19. The van der Waals surface area contributed by atoms with E-state index in [0.29, 0.717) is 13.0 Å². The molecule has 0 saturated heterocycles. The summed E-state index contributed by atoms with van der Waals surface area (Å²) in [6, 6.07) is 10.4. The lowest BCUT2D eigenvalue weighted by Crippen LogP contribution is -2.41. The Morgan fingerprint density at radius 2 is 1.90 bits per heavy atom. The van der Waals surface area contributed by atoms with Crippen LogP contribution in [0.25, 0.3) is 0 Å². The number of hydrogen-bond donors (Lipinski definition) is 1. The average Bonchev–Trinajstić information content (AvgIpc) is 2.48. The van der Waals surface area contributed by atoms with Gasteiger partial charge in [-0.2, -0.15) is 0 Å². The van der Waals surface area contributed by atoms with Crippen LogP contribution in [0, 0.1) is 0 Å². The number of nitrogens with zero attached hydrogens (tertiary/aromatic N) is 1. The van der Waals surface area contributed by atoms with Gasteiger partial charge < -0.3 is 10.0 Å². The lowest BCUT2D eigenvalue weighted by molar-refractivity contribution is -0.133. The van der Waals surface area contributed by atoms with E-state index in [2.05, 4.69) is 26.0 Å². The lowest BCUT2D eigenvalue weighted by atomic mass is 10.1. The molecule has 0 fully saturated rings. The van der Waals surface area contributed by atoms with Crippen molar-refractivity contribution in [2.24, 2.45) is 0 Å². The van der Waals surface area contributed by atoms with Gasteiger partial charge in [0, 0.05) is 29.7 Å². The Labute approximate surface area is 126 Å². The number of thioether (sulfide) groups is 1. The molecule has 0 aliphatic heterocycles. The molecule has 1 N–H and O–H groups in total. The highest BCUT2D eigenvalue weighted by Crippen LogP contribution is 2.19. The van der Waals surface area contributed by atoms with E-state index in [-0.39, 0.29) is 18.6 Å². The predicted molar refractivity (Wildman–Crippen MR) is 85.0 cm³/mol. The first-order valence-corrected chi connectivity index (χ1v) is 8.29. The number of hydrogen-bond acceptors (Lipinski definition) is 3. The van der Waals surface area contributed by atoms with Crippen LogP contribution in [0.2, 0.25) is 0 Å². The van der Waals surface area contributed by atoms with Gasteiger partial charge in [0.15, 0.2) is 0 Å². The quantitative estimate of drug-likeness (QED) is 0.711. The number of rotatable bonds is 9. The summed E-state index contributed by atoms with van der Waals surface area (Å²) in [5.74, 6) is 0.932. The van der Waals surface area contributed by atoms with Gasteiger partial charge in [-0.3, -0.25) is 4.79 Å². The SMILES string of the molecule is CCC(CC)N(CCO)C(=O)CCSc1ccccc1. The molecule has 0 unspecified atom stereocenters. The second-order valence-electron chi connectivity index (χ2n) is 4.69. The van der Waals surface area contributed by atoms with Crippen LogP contribution in [0.15, 0.2) is 35.2 Å². The van der Waals surface area contributed by atoms with Gasteiger partial charge in [-0.1, -0.05) is 32.0 Å². The van der Waals surface area contributed by atoms with Gasteiger partial charge in [0.05, 0.1) is 6.61 Å². The van der Waals surface area contributed by atoms with E-state index in [1.807, 2.05) is 23.1 Å². The van der Waals surface area contributed by atoms with E-state index < -0.39 is 0 Å². The smallest absolute Gasteiger partial charge is 0.223 e. The van der Waals surface area contributed by atoms with Crippen molar-refractivity contribution in [3.8, 4) is 0 Å². The fourth-order valence-electron chi connectivity index (χ4n) is 2.26. The predicted octanol–water partition coefficient (Wildman–Crippen LogP) is 3.18. The molecule has 1 aromatic rings. The Hall–Kier alpha value is -1.00. The minimum absolute atomic E-state index is 0.0358. The molecular formula is C16H25NO2S. The zero-order valence-electron chi connectivity index (χ0n) is 12.4. The van der Waals surface area contributed by atoms with Crippen LogP contribution < -0.4 is 0 Å². The van der Waals surface area contributed by atoms with Gasteiger partial charge in [-0.15, -0.1) is 11.8 Å². The number of benzene rings is 1. The van der Waals surface area contributed by atoms with Crippen molar-refractivity contribution >= 4 is 17.7 Å².